The molecule has 2 unspecified atom stereocenters. The molecule has 0 saturated heterocycles. The third-order valence-corrected chi connectivity index (χ3v) is 9.92. The summed E-state index contributed by atoms with van der Waals surface area (Å²) >= 11 is 3.68. The maximum absolute atomic E-state index is 13.2. The number of aromatic nitrogens is 2. The molecule has 2 aromatic carbocycles. The van der Waals surface area contributed by atoms with Crippen LogP contribution >= 0.6 is 11.6 Å². The quantitative estimate of drug-likeness (QED) is 0.401. The highest BCUT2D eigenvalue weighted by Gasteiger charge is 2.42. The number of halogens is 1. The monoisotopic (exact) mass is 581 g/mol. The Bertz CT molecular complexity index is 1450. The van der Waals surface area contributed by atoms with E-state index in [4.69, 9.17) is 16.3 Å². The van der Waals surface area contributed by atoms with Gasteiger partial charge in [-0.15, -0.1) is 0 Å². The van der Waals surface area contributed by atoms with Gasteiger partial charge in [-0.25, -0.2) is 0 Å². The van der Waals surface area contributed by atoms with Gasteiger partial charge in [-0.3, -0.25) is 13.7 Å². The molecule has 0 radical (unpaired) electrons. The van der Waals surface area contributed by atoms with E-state index in [1.165, 1.54) is 30.4 Å². The summed E-state index contributed by atoms with van der Waals surface area (Å²) in [4.78, 5) is 15.7. The van der Waals surface area contributed by atoms with Crippen LogP contribution in [0.2, 0.25) is 5.02 Å². The van der Waals surface area contributed by atoms with E-state index >= 15 is 0 Å². The number of anilines is 2. The van der Waals surface area contributed by atoms with Gasteiger partial charge >= 0.3 is 0 Å². The summed E-state index contributed by atoms with van der Waals surface area (Å²) in [7, 11) is 1.72. The lowest BCUT2D eigenvalue weighted by molar-refractivity contribution is -0.116. The molecule has 1 saturated carbocycles. The maximum atomic E-state index is 13.2. The first-order valence-electron chi connectivity index (χ1n) is 13.9. The van der Waals surface area contributed by atoms with Crippen LogP contribution in [0.4, 0.5) is 11.4 Å². The molecule has 1 aliphatic heterocycles. The van der Waals surface area contributed by atoms with Gasteiger partial charge in [0.2, 0.25) is 5.91 Å². The van der Waals surface area contributed by atoms with Crippen molar-refractivity contribution in [1.29, 1.82) is 0 Å². The zero-order valence-corrected chi connectivity index (χ0v) is 24.4. The summed E-state index contributed by atoms with van der Waals surface area (Å²) in [5.74, 6) is 0.759. The van der Waals surface area contributed by atoms with Crippen LogP contribution in [0.15, 0.2) is 42.5 Å². The number of amides is 1. The molecule has 1 aromatic heterocycles. The Labute approximate surface area is 242 Å². The normalized spacial score (nSPS) is 21.9. The smallest absolute Gasteiger partial charge is 0.245 e. The second-order valence-electron chi connectivity index (χ2n) is 11.5. The molecule has 40 heavy (non-hydrogen) atoms. The first-order valence-corrected chi connectivity index (χ1v) is 15.4. The lowest BCUT2D eigenvalue weighted by Gasteiger charge is -2.42. The topological polar surface area (TPSA) is 99.5 Å². The average Bonchev–Trinajstić information content (AvgIpc) is 3.12. The van der Waals surface area contributed by atoms with E-state index in [0.717, 1.165) is 54.5 Å². The highest BCUT2D eigenvalue weighted by atomic mass is 35.5. The number of hydrogen-bond donors (Lipinski definition) is 1. The van der Waals surface area contributed by atoms with Crippen molar-refractivity contribution >= 4 is 40.0 Å². The van der Waals surface area contributed by atoms with Crippen molar-refractivity contribution in [3.63, 3.8) is 0 Å². The van der Waals surface area contributed by atoms with Gasteiger partial charge in [0.1, 0.15) is 11.0 Å². The van der Waals surface area contributed by atoms with E-state index in [1.54, 1.807) is 23.9 Å². The van der Waals surface area contributed by atoms with Crippen LogP contribution in [-0.2, 0) is 34.8 Å². The Morgan fingerprint density at radius 2 is 2.08 bits per heavy atom. The van der Waals surface area contributed by atoms with E-state index in [-0.39, 0.29) is 11.1 Å². The summed E-state index contributed by atoms with van der Waals surface area (Å²) in [5, 5.41) is 6.43. The van der Waals surface area contributed by atoms with Crippen molar-refractivity contribution in [1.82, 2.24) is 9.78 Å². The van der Waals surface area contributed by atoms with E-state index < -0.39 is 22.2 Å². The number of carbonyl (C=O) groups is 1. The third kappa shape index (κ3) is 5.15. The van der Waals surface area contributed by atoms with Gasteiger partial charge < -0.3 is 19.5 Å². The van der Waals surface area contributed by atoms with Crippen LogP contribution in [0.25, 0.3) is 0 Å². The fourth-order valence-electron chi connectivity index (χ4n) is 6.42. The molecule has 3 aromatic rings. The standard InChI is InChI=1S/C30H35ClN4O4S/c1-19-13-25(33-34(19)2)28(40(37)38)29(36)32-23-9-11-27-26(15-23)35(16-20-5-3-6-20)17-30(18-39-27)12-4-7-21-14-22(31)8-10-24(21)30/h8-11,13-15,20,28H,3-7,12,16-18H2,1-2H3,(H,32,36)(H,37,38)/p-1/t28?,30-/m0/s1. The molecular formula is C30H34ClN4O4S-. The van der Waals surface area contributed by atoms with E-state index in [1.807, 2.05) is 25.1 Å². The minimum atomic E-state index is -2.68. The number of hydrogen-bond acceptors (Lipinski definition) is 6. The van der Waals surface area contributed by atoms with Gasteiger partial charge in [-0.2, -0.15) is 5.10 Å². The van der Waals surface area contributed by atoms with Crippen molar-refractivity contribution in [2.45, 2.75) is 56.1 Å². The largest absolute Gasteiger partial charge is 0.771 e. The van der Waals surface area contributed by atoms with Crippen LogP contribution < -0.4 is 15.0 Å². The summed E-state index contributed by atoms with van der Waals surface area (Å²) in [6, 6.07) is 13.5. The molecule has 2 aliphatic carbocycles. The van der Waals surface area contributed by atoms with E-state index in [2.05, 4.69) is 27.4 Å². The minimum Gasteiger partial charge on any atom is -0.771 e. The molecule has 212 valence electrons. The lowest BCUT2D eigenvalue weighted by atomic mass is 9.70. The second-order valence-corrected chi connectivity index (χ2v) is 13.0. The summed E-state index contributed by atoms with van der Waals surface area (Å²) in [5.41, 5.74) is 4.88. The highest BCUT2D eigenvalue weighted by Crippen LogP contribution is 2.46. The molecule has 8 nitrogen and oxygen atoms in total. The molecule has 3 aliphatic rings. The molecule has 1 spiro atoms. The number of benzene rings is 2. The Balaban J connectivity index is 1.32. The van der Waals surface area contributed by atoms with Crippen LogP contribution in [0.1, 0.15) is 59.9 Å². The zero-order valence-electron chi connectivity index (χ0n) is 22.8. The molecule has 0 bridgehead atoms. The van der Waals surface area contributed by atoms with E-state index in [9.17, 15) is 13.6 Å². The summed E-state index contributed by atoms with van der Waals surface area (Å²) in [6.07, 6.45) is 6.80. The number of aryl methyl sites for hydroxylation is 3. The van der Waals surface area contributed by atoms with E-state index in [0.29, 0.717) is 18.2 Å². The molecule has 1 fully saturated rings. The first kappa shape index (κ1) is 27.3. The van der Waals surface area contributed by atoms with Crippen LogP contribution in [-0.4, -0.2) is 44.1 Å². The van der Waals surface area contributed by atoms with Gasteiger partial charge in [-0.1, -0.05) is 24.1 Å². The number of fused-ring (bicyclic) bond motifs is 3. The number of rotatable bonds is 6. The maximum Gasteiger partial charge on any atom is 0.245 e. The number of carbonyl (C=O) groups excluding carboxylic acids is 1. The molecule has 3 atom stereocenters. The van der Waals surface area contributed by atoms with Crippen molar-refractivity contribution in [2.24, 2.45) is 13.0 Å². The predicted octanol–water partition coefficient (Wildman–Crippen LogP) is 5.21. The van der Waals surface area contributed by atoms with Crippen molar-refractivity contribution in [3.8, 4) is 5.75 Å². The SMILES string of the molecule is Cc1cc(C(C(=O)Nc2ccc3c(c2)N(CC2CCC2)C[C@@]2(CCCc4cc(Cl)ccc42)CO3)S(=O)[O-])nn1C. The predicted molar refractivity (Wildman–Crippen MR) is 156 cm³/mol. The minimum absolute atomic E-state index is 0.161. The number of nitrogens with one attached hydrogen (secondary N) is 1. The molecule has 1 N–H and O–H groups in total. The lowest BCUT2D eigenvalue weighted by Crippen LogP contribution is -2.47. The Kier molecular flexibility index (Phi) is 7.39. The summed E-state index contributed by atoms with van der Waals surface area (Å²) in [6.45, 7) is 4.11. The van der Waals surface area contributed by atoms with Gasteiger partial charge in [0, 0.05) is 42.0 Å². The Morgan fingerprint density at radius 1 is 1.25 bits per heavy atom. The van der Waals surface area contributed by atoms with Gasteiger partial charge in [0.25, 0.3) is 0 Å². The van der Waals surface area contributed by atoms with Crippen molar-refractivity contribution in [3.05, 3.63) is 70.0 Å². The fraction of sp³-hybridized carbons (Fsp3) is 0.467. The van der Waals surface area contributed by atoms with Crippen molar-refractivity contribution in [2.75, 3.05) is 29.9 Å². The first-order chi connectivity index (χ1) is 19.2. The van der Waals surface area contributed by atoms with Crippen LogP contribution in [0.3, 0.4) is 0 Å². The Morgan fingerprint density at radius 3 is 2.77 bits per heavy atom. The second kappa shape index (κ2) is 10.8. The molecular weight excluding hydrogens is 548 g/mol. The molecule has 10 heteroatoms. The number of nitrogens with zero attached hydrogens (tertiary/aromatic N) is 3. The van der Waals surface area contributed by atoms with Gasteiger partial charge in [0.05, 0.1) is 18.0 Å². The molecule has 2 heterocycles. The highest BCUT2D eigenvalue weighted by molar-refractivity contribution is 7.80. The number of ether oxygens (including phenoxy) is 1. The van der Waals surface area contributed by atoms with Crippen LogP contribution in [0, 0.1) is 12.8 Å². The summed E-state index contributed by atoms with van der Waals surface area (Å²) < 4.78 is 32.3. The molecule has 1 amide bonds. The van der Waals surface area contributed by atoms with Gasteiger partial charge in [0.15, 0.2) is 0 Å². The third-order valence-electron chi connectivity index (χ3n) is 8.84. The van der Waals surface area contributed by atoms with Gasteiger partial charge in [-0.05, 0) is 104 Å². The zero-order chi connectivity index (χ0) is 28.0. The average molecular weight is 582 g/mol. The Hall–Kier alpha value is -2.88. The molecule has 6 rings (SSSR count). The van der Waals surface area contributed by atoms with Crippen LogP contribution in [0.5, 0.6) is 5.75 Å². The van der Waals surface area contributed by atoms with Crippen molar-refractivity contribution < 1.29 is 18.3 Å². The fourth-order valence-corrected chi connectivity index (χ4v) is 7.16.